The second-order valence-electron chi connectivity index (χ2n) is 5.50. The number of benzene rings is 1. The summed E-state index contributed by atoms with van der Waals surface area (Å²) in [5.41, 5.74) is 8.46. The third-order valence-electron chi connectivity index (χ3n) is 3.97. The number of anilines is 1. The fourth-order valence-electron chi connectivity index (χ4n) is 2.88. The maximum atomic E-state index is 13.4. The molecule has 3 N–H and O–H groups in total. The topological polar surface area (TPSA) is 63.9 Å². The number of H-pyrrole nitrogens is 1. The van der Waals surface area contributed by atoms with E-state index in [1.54, 1.807) is 6.07 Å². The zero-order chi connectivity index (χ0) is 14.7. The maximum absolute atomic E-state index is 13.4. The summed E-state index contributed by atoms with van der Waals surface area (Å²) in [6.45, 7) is 0.854. The van der Waals surface area contributed by atoms with Gasteiger partial charge in [-0.05, 0) is 49.8 Å². The molecule has 2 aromatic rings. The lowest BCUT2D eigenvalue weighted by molar-refractivity contribution is 0.0114. The van der Waals surface area contributed by atoms with Crippen molar-refractivity contribution in [3.8, 4) is 11.1 Å². The number of nitrogens with two attached hydrogens (primary N) is 1. The predicted molar refractivity (Wildman–Crippen MR) is 80.3 cm³/mol. The summed E-state index contributed by atoms with van der Waals surface area (Å²) in [6, 6.07) is 6.45. The third kappa shape index (κ3) is 3.24. The van der Waals surface area contributed by atoms with Crippen molar-refractivity contribution in [2.24, 2.45) is 0 Å². The number of aromatic nitrogens is 2. The summed E-state index contributed by atoms with van der Waals surface area (Å²) in [5, 5.41) is 7.05. The van der Waals surface area contributed by atoms with Gasteiger partial charge < -0.3 is 10.5 Å². The number of hydrogen-bond acceptors (Lipinski definition) is 3. The smallest absolute Gasteiger partial charge is 0.153 e. The van der Waals surface area contributed by atoms with Crippen molar-refractivity contribution in [3.05, 3.63) is 35.8 Å². The first-order valence-corrected chi connectivity index (χ1v) is 7.44. The molecule has 1 unspecified atom stereocenters. The monoisotopic (exact) mass is 289 g/mol. The first-order valence-electron chi connectivity index (χ1n) is 7.44. The highest BCUT2D eigenvalue weighted by Crippen LogP contribution is 2.30. The van der Waals surface area contributed by atoms with E-state index in [-0.39, 0.29) is 5.82 Å². The lowest BCUT2D eigenvalue weighted by atomic mass is 9.99. The Morgan fingerprint density at radius 1 is 1.38 bits per heavy atom. The van der Waals surface area contributed by atoms with Crippen LogP contribution in [0.4, 0.5) is 10.2 Å². The van der Waals surface area contributed by atoms with Crippen LogP contribution in [0.1, 0.15) is 31.4 Å². The zero-order valence-corrected chi connectivity index (χ0v) is 11.9. The van der Waals surface area contributed by atoms with Gasteiger partial charge in [-0.25, -0.2) is 4.39 Å². The van der Waals surface area contributed by atoms with E-state index in [0.717, 1.165) is 49.1 Å². The van der Waals surface area contributed by atoms with Crippen molar-refractivity contribution in [2.45, 2.75) is 38.2 Å². The van der Waals surface area contributed by atoms with E-state index in [9.17, 15) is 4.39 Å². The van der Waals surface area contributed by atoms with E-state index in [2.05, 4.69) is 10.2 Å². The quantitative estimate of drug-likeness (QED) is 0.907. The van der Waals surface area contributed by atoms with Gasteiger partial charge in [0.2, 0.25) is 0 Å². The maximum Gasteiger partial charge on any atom is 0.153 e. The van der Waals surface area contributed by atoms with Gasteiger partial charge in [0, 0.05) is 17.9 Å². The lowest BCUT2D eigenvalue weighted by Crippen LogP contribution is -2.19. The molecule has 0 amide bonds. The molecule has 1 aliphatic rings. The van der Waals surface area contributed by atoms with Crippen molar-refractivity contribution in [1.82, 2.24) is 10.2 Å². The molecule has 5 heteroatoms. The fourth-order valence-corrected chi connectivity index (χ4v) is 2.88. The van der Waals surface area contributed by atoms with Crippen LogP contribution in [0.2, 0.25) is 0 Å². The van der Waals surface area contributed by atoms with E-state index in [1.165, 1.54) is 18.6 Å². The van der Waals surface area contributed by atoms with Crippen molar-refractivity contribution in [1.29, 1.82) is 0 Å². The van der Waals surface area contributed by atoms with Gasteiger partial charge in [-0.15, -0.1) is 0 Å². The van der Waals surface area contributed by atoms with Crippen LogP contribution in [0.5, 0.6) is 0 Å². The van der Waals surface area contributed by atoms with Gasteiger partial charge in [0.05, 0.1) is 6.10 Å². The molecule has 1 aromatic heterocycles. The van der Waals surface area contributed by atoms with Gasteiger partial charge in [0.15, 0.2) is 5.82 Å². The molecule has 1 saturated heterocycles. The summed E-state index contributed by atoms with van der Waals surface area (Å²) in [7, 11) is 0. The molecule has 112 valence electrons. The molecular weight excluding hydrogens is 269 g/mol. The fraction of sp³-hybridized carbons (Fsp3) is 0.438. The van der Waals surface area contributed by atoms with Crippen molar-refractivity contribution in [3.63, 3.8) is 0 Å². The minimum absolute atomic E-state index is 0.269. The van der Waals surface area contributed by atoms with Crippen LogP contribution in [0.25, 0.3) is 11.1 Å². The average Bonchev–Trinajstić information content (AvgIpc) is 2.87. The SMILES string of the molecule is Nc1n[nH]c(CCC2CCCCO2)c1-c1cccc(F)c1. The third-order valence-corrected chi connectivity index (χ3v) is 3.97. The molecule has 3 rings (SSSR count). The van der Waals surface area contributed by atoms with Crippen LogP contribution < -0.4 is 5.73 Å². The van der Waals surface area contributed by atoms with E-state index >= 15 is 0 Å². The Labute approximate surface area is 123 Å². The molecule has 0 bridgehead atoms. The summed E-state index contributed by atoms with van der Waals surface area (Å²) in [4.78, 5) is 0. The van der Waals surface area contributed by atoms with Crippen molar-refractivity contribution >= 4 is 5.82 Å². The van der Waals surface area contributed by atoms with Gasteiger partial charge in [-0.1, -0.05) is 12.1 Å². The predicted octanol–water partition coefficient (Wildman–Crippen LogP) is 3.30. The average molecular weight is 289 g/mol. The Morgan fingerprint density at radius 3 is 3.05 bits per heavy atom. The molecule has 4 nitrogen and oxygen atoms in total. The standard InChI is InChI=1S/C16H20FN3O/c17-12-5-3-4-11(10-12)15-14(19-20-16(15)18)8-7-13-6-1-2-9-21-13/h3-5,10,13H,1-2,6-9H2,(H3,18,19,20). The highest BCUT2D eigenvalue weighted by Gasteiger charge is 2.17. The van der Waals surface area contributed by atoms with Crippen LogP contribution in [-0.2, 0) is 11.2 Å². The van der Waals surface area contributed by atoms with Crippen LogP contribution in [0.15, 0.2) is 24.3 Å². The van der Waals surface area contributed by atoms with E-state index in [1.807, 2.05) is 6.07 Å². The molecule has 0 aliphatic carbocycles. The molecule has 1 atom stereocenters. The Balaban J connectivity index is 1.77. The lowest BCUT2D eigenvalue weighted by Gasteiger charge is -2.22. The molecule has 0 spiro atoms. The number of aryl methyl sites for hydroxylation is 1. The van der Waals surface area contributed by atoms with Crippen LogP contribution in [0.3, 0.4) is 0 Å². The van der Waals surface area contributed by atoms with Gasteiger partial charge >= 0.3 is 0 Å². The number of halogens is 1. The summed E-state index contributed by atoms with van der Waals surface area (Å²) < 4.78 is 19.2. The molecule has 1 fully saturated rings. The number of nitrogens with zero attached hydrogens (tertiary/aromatic N) is 1. The molecule has 1 aromatic carbocycles. The second kappa shape index (κ2) is 6.26. The summed E-state index contributed by atoms with van der Waals surface area (Å²) >= 11 is 0. The number of ether oxygens (including phenoxy) is 1. The number of aromatic amines is 1. The Hall–Kier alpha value is -1.88. The van der Waals surface area contributed by atoms with Crippen LogP contribution in [0, 0.1) is 5.82 Å². The Bertz CT molecular complexity index is 605. The van der Waals surface area contributed by atoms with Crippen molar-refractivity contribution < 1.29 is 9.13 Å². The number of hydrogen-bond donors (Lipinski definition) is 2. The van der Waals surface area contributed by atoms with Gasteiger partial charge in [0.25, 0.3) is 0 Å². The Kier molecular flexibility index (Phi) is 4.20. The minimum atomic E-state index is -0.269. The molecule has 1 aliphatic heterocycles. The molecule has 0 radical (unpaired) electrons. The second-order valence-corrected chi connectivity index (χ2v) is 5.50. The highest BCUT2D eigenvalue weighted by molar-refractivity contribution is 5.76. The largest absolute Gasteiger partial charge is 0.382 e. The highest BCUT2D eigenvalue weighted by atomic mass is 19.1. The van der Waals surface area contributed by atoms with E-state index in [0.29, 0.717) is 11.9 Å². The van der Waals surface area contributed by atoms with Crippen molar-refractivity contribution in [2.75, 3.05) is 12.3 Å². The van der Waals surface area contributed by atoms with E-state index in [4.69, 9.17) is 10.5 Å². The number of nitrogen functional groups attached to an aromatic ring is 1. The zero-order valence-electron chi connectivity index (χ0n) is 11.9. The molecule has 2 heterocycles. The first kappa shape index (κ1) is 14.1. The number of rotatable bonds is 4. The molecule has 0 saturated carbocycles. The summed E-state index contributed by atoms with van der Waals surface area (Å²) in [5.74, 6) is 0.148. The Morgan fingerprint density at radius 2 is 2.29 bits per heavy atom. The normalized spacial score (nSPS) is 18.8. The molecular formula is C16H20FN3O. The summed E-state index contributed by atoms with van der Waals surface area (Å²) in [6.07, 6.45) is 5.54. The number of nitrogens with one attached hydrogen (secondary N) is 1. The molecule has 21 heavy (non-hydrogen) atoms. The van der Waals surface area contributed by atoms with Crippen LogP contribution in [-0.4, -0.2) is 22.9 Å². The van der Waals surface area contributed by atoms with Gasteiger partial charge in [0.1, 0.15) is 5.82 Å². The van der Waals surface area contributed by atoms with Crippen LogP contribution >= 0.6 is 0 Å². The first-order chi connectivity index (χ1) is 10.2. The van der Waals surface area contributed by atoms with E-state index < -0.39 is 0 Å². The van der Waals surface area contributed by atoms with Gasteiger partial charge in [-0.3, -0.25) is 5.10 Å². The minimum Gasteiger partial charge on any atom is -0.382 e. The van der Waals surface area contributed by atoms with Gasteiger partial charge in [-0.2, -0.15) is 5.10 Å².